The Hall–Kier alpha value is -2.70. The first kappa shape index (κ1) is 19.6. The second-order valence-electron chi connectivity index (χ2n) is 6.24. The van der Waals surface area contributed by atoms with Crippen molar-refractivity contribution in [3.8, 4) is 11.5 Å². The number of piperidine rings is 1. The van der Waals surface area contributed by atoms with Crippen molar-refractivity contribution in [1.29, 1.82) is 0 Å². The fraction of sp³-hybridized carbons (Fsp3) is 0.474. The third-order valence-electron chi connectivity index (χ3n) is 4.37. The molecule has 1 aromatic carbocycles. The number of nitrogens with zero attached hydrogens (tertiary/aromatic N) is 1. The molecule has 1 aliphatic rings. The minimum Gasteiger partial charge on any atom is -0.497 e. The molecule has 0 bridgehead atoms. The Balaban J connectivity index is 1.90. The fourth-order valence-electron chi connectivity index (χ4n) is 2.97. The average molecular weight is 361 g/mol. The number of amides is 3. The van der Waals surface area contributed by atoms with Crippen molar-refractivity contribution in [2.45, 2.75) is 12.8 Å². The summed E-state index contributed by atoms with van der Waals surface area (Å²) in [5.74, 6) is 1.18. The van der Waals surface area contributed by atoms with Crippen LogP contribution in [0, 0.1) is 5.92 Å². The van der Waals surface area contributed by atoms with Gasteiger partial charge in [0.1, 0.15) is 11.5 Å². The molecule has 1 fully saturated rings. The summed E-state index contributed by atoms with van der Waals surface area (Å²) in [6.45, 7) is 5.93. The molecule has 0 saturated carbocycles. The van der Waals surface area contributed by atoms with Crippen molar-refractivity contribution in [2.75, 3.05) is 40.4 Å². The minimum absolute atomic E-state index is 0.0848. The van der Waals surface area contributed by atoms with Gasteiger partial charge >= 0.3 is 6.03 Å². The highest BCUT2D eigenvalue weighted by Crippen LogP contribution is 2.22. The van der Waals surface area contributed by atoms with Crippen LogP contribution in [0.4, 0.5) is 4.79 Å². The van der Waals surface area contributed by atoms with Gasteiger partial charge in [-0.25, -0.2) is 4.79 Å². The van der Waals surface area contributed by atoms with Gasteiger partial charge in [0, 0.05) is 37.8 Å². The van der Waals surface area contributed by atoms with Crippen LogP contribution in [0.25, 0.3) is 0 Å². The van der Waals surface area contributed by atoms with E-state index in [0.29, 0.717) is 36.7 Å². The van der Waals surface area contributed by atoms with Gasteiger partial charge in [-0.2, -0.15) is 0 Å². The van der Waals surface area contributed by atoms with Gasteiger partial charge in [-0.15, -0.1) is 6.58 Å². The molecule has 7 nitrogen and oxygen atoms in total. The number of hydrogen-bond donors (Lipinski definition) is 2. The summed E-state index contributed by atoms with van der Waals surface area (Å²) in [5.41, 5.74) is 0.484. The molecule has 142 valence electrons. The van der Waals surface area contributed by atoms with E-state index in [-0.39, 0.29) is 17.9 Å². The quantitative estimate of drug-likeness (QED) is 0.729. The van der Waals surface area contributed by atoms with Gasteiger partial charge in [0.15, 0.2) is 0 Å². The molecule has 0 aliphatic carbocycles. The third kappa shape index (κ3) is 5.40. The zero-order chi connectivity index (χ0) is 18.9. The lowest BCUT2D eigenvalue weighted by molar-refractivity contribution is 0.0937. The van der Waals surface area contributed by atoms with Crippen molar-refractivity contribution in [3.63, 3.8) is 0 Å². The molecule has 1 aromatic rings. The van der Waals surface area contributed by atoms with Gasteiger partial charge in [0.2, 0.25) is 0 Å². The van der Waals surface area contributed by atoms with E-state index in [1.54, 1.807) is 43.4 Å². The highest BCUT2D eigenvalue weighted by atomic mass is 16.5. The van der Waals surface area contributed by atoms with Crippen LogP contribution in [-0.2, 0) is 0 Å². The van der Waals surface area contributed by atoms with Crippen molar-refractivity contribution < 1.29 is 19.1 Å². The van der Waals surface area contributed by atoms with E-state index in [1.165, 1.54) is 0 Å². The molecule has 1 heterocycles. The van der Waals surface area contributed by atoms with Gasteiger partial charge in [-0.3, -0.25) is 4.79 Å². The SMILES string of the molecule is C=CCNC(=O)N1CCCC(CNC(=O)c2cc(OC)cc(OC)c2)C1. The maximum Gasteiger partial charge on any atom is 0.317 e. The third-order valence-corrected chi connectivity index (χ3v) is 4.37. The van der Waals surface area contributed by atoms with Gasteiger partial charge in [0.05, 0.1) is 14.2 Å². The van der Waals surface area contributed by atoms with Crippen LogP contribution in [0.1, 0.15) is 23.2 Å². The highest BCUT2D eigenvalue weighted by molar-refractivity contribution is 5.95. The highest BCUT2D eigenvalue weighted by Gasteiger charge is 2.24. The van der Waals surface area contributed by atoms with Crippen LogP contribution in [0.15, 0.2) is 30.9 Å². The topological polar surface area (TPSA) is 79.9 Å². The number of carbonyl (C=O) groups is 2. The first-order valence-corrected chi connectivity index (χ1v) is 8.72. The number of carbonyl (C=O) groups excluding carboxylic acids is 2. The summed E-state index contributed by atoms with van der Waals surface area (Å²) >= 11 is 0. The predicted molar refractivity (Wildman–Crippen MR) is 99.8 cm³/mol. The molecule has 26 heavy (non-hydrogen) atoms. The van der Waals surface area contributed by atoms with E-state index in [9.17, 15) is 9.59 Å². The van der Waals surface area contributed by atoms with E-state index in [4.69, 9.17) is 9.47 Å². The lowest BCUT2D eigenvalue weighted by Gasteiger charge is -2.32. The molecule has 1 aliphatic heterocycles. The molecular weight excluding hydrogens is 334 g/mol. The first-order valence-electron chi connectivity index (χ1n) is 8.72. The van der Waals surface area contributed by atoms with E-state index in [1.807, 2.05) is 0 Å². The van der Waals surface area contributed by atoms with Crippen molar-refractivity contribution in [2.24, 2.45) is 5.92 Å². The van der Waals surface area contributed by atoms with Crippen molar-refractivity contribution in [3.05, 3.63) is 36.4 Å². The Morgan fingerprint density at radius 2 is 1.92 bits per heavy atom. The van der Waals surface area contributed by atoms with E-state index >= 15 is 0 Å². The molecule has 2 N–H and O–H groups in total. The number of methoxy groups -OCH3 is 2. The van der Waals surface area contributed by atoms with Crippen LogP contribution in [0.5, 0.6) is 11.5 Å². The zero-order valence-electron chi connectivity index (χ0n) is 15.4. The monoisotopic (exact) mass is 361 g/mol. The van der Waals surface area contributed by atoms with Crippen molar-refractivity contribution in [1.82, 2.24) is 15.5 Å². The predicted octanol–water partition coefficient (Wildman–Crippen LogP) is 2.04. The normalized spacial score (nSPS) is 16.5. The smallest absolute Gasteiger partial charge is 0.317 e. The van der Waals surface area contributed by atoms with Gasteiger partial charge in [-0.1, -0.05) is 6.08 Å². The lowest BCUT2D eigenvalue weighted by atomic mass is 9.98. The van der Waals surface area contributed by atoms with Crippen LogP contribution in [-0.4, -0.2) is 57.2 Å². The Bertz CT molecular complexity index is 625. The number of likely N-dealkylation sites (tertiary alicyclic amines) is 1. The summed E-state index contributed by atoms with van der Waals surface area (Å²) in [7, 11) is 3.09. The molecule has 1 unspecified atom stereocenters. The number of urea groups is 1. The molecular formula is C19H27N3O4. The van der Waals surface area contributed by atoms with Crippen molar-refractivity contribution >= 4 is 11.9 Å². The summed E-state index contributed by atoms with van der Waals surface area (Å²) in [6, 6.07) is 4.98. The molecule has 7 heteroatoms. The second kappa shape index (κ2) is 9.70. The Morgan fingerprint density at radius 1 is 1.23 bits per heavy atom. The molecule has 0 spiro atoms. The standard InChI is InChI=1S/C19H27N3O4/c1-4-7-20-19(24)22-8-5-6-14(13-22)12-21-18(23)15-9-16(25-2)11-17(10-15)26-3/h4,9-11,14H,1,5-8,12-13H2,2-3H3,(H,20,24)(H,21,23). The van der Waals surface area contributed by atoms with Crippen LogP contribution < -0.4 is 20.1 Å². The zero-order valence-corrected chi connectivity index (χ0v) is 15.4. The molecule has 2 rings (SSSR count). The van der Waals surface area contributed by atoms with Gasteiger partial charge in [-0.05, 0) is 30.9 Å². The Kier molecular flexibility index (Phi) is 7.32. The number of nitrogens with one attached hydrogen (secondary N) is 2. The summed E-state index contributed by atoms with van der Waals surface area (Å²) in [4.78, 5) is 26.3. The maximum absolute atomic E-state index is 12.5. The largest absolute Gasteiger partial charge is 0.497 e. The summed E-state index contributed by atoms with van der Waals surface area (Å²) in [5, 5.41) is 5.74. The number of benzene rings is 1. The number of rotatable bonds is 7. The minimum atomic E-state index is -0.185. The summed E-state index contributed by atoms with van der Waals surface area (Å²) < 4.78 is 10.4. The van der Waals surface area contributed by atoms with E-state index < -0.39 is 0 Å². The molecule has 1 atom stereocenters. The van der Waals surface area contributed by atoms with Crippen LogP contribution >= 0.6 is 0 Å². The number of hydrogen-bond acceptors (Lipinski definition) is 4. The van der Waals surface area contributed by atoms with Crippen LogP contribution in [0.2, 0.25) is 0 Å². The number of ether oxygens (including phenoxy) is 2. The lowest BCUT2D eigenvalue weighted by Crippen LogP contribution is -2.47. The first-order chi connectivity index (χ1) is 12.6. The van der Waals surface area contributed by atoms with Gasteiger partial charge < -0.3 is 25.0 Å². The average Bonchev–Trinajstić information content (AvgIpc) is 2.69. The fourth-order valence-corrected chi connectivity index (χ4v) is 2.97. The van der Waals surface area contributed by atoms with Gasteiger partial charge in [0.25, 0.3) is 5.91 Å². The maximum atomic E-state index is 12.5. The molecule has 3 amide bonds. The molecule has 0 radical (unpaired) electrons. The molecule has 0 aromatic heterocycles. The molecule has 1 saturated heterocycles. The van der Waals surface area contributed by atoms with E-state index in [0.717, 1.165) is 19.4 Å². The summed E-state index contributed by atoms with van der Waals surface area (Å²) in [6.07, 6.45) is 3.56. The Morgan fingerprint density at radius 3 is 2.54 bits per heavy atom. The second-order valence-corrected chi connectivity index (χ2v) is 6.24. The van der Waals surface area contributed by atoms with Crippen LogP contribution in [0.3, 0.4) is 0 Å². The Labute approximate surface area is 154 Å². The van der Waals surface area contributed by atoms with E-state index in [2.05, 4.69) is 17.2 Å².